The van der Waals surface area contributed by atoms with Crippen LogP contribution >= 0.6 is 0 Å². The molecule has 44 valence electrons. The highest BCUT2D eigenvalue weighted by molar-refractivity contribution is 5.60. The van der Waals surface area contributed by atoms with Gasteiger partial charge in [-0.2, -0.15) is 0 Å². The van der Waals surface area contributed by atoms with Gasteiger partial charge in [0.15, 0.2) is 0 Å². The van der Waals surface area contributed by atoms with E-state index in [2.05, 4.69) is 9.89 Å². The molecule has 0 amide bonds. The minimum atomic E-state index is 0.838. The zero-order valence-electron chi connectivity index (χ0n) is 5.04. The molecule has 1 rings (SSSR count). The summed E-state index contributed by atoms with van der Waals surface area (Å²) < 4.78 is 0. The summed E-state index contributed by atoms with van der Waals surface area (Å²) in [5.41, 5.74) is 0. The molecule has 1 aliphatic rings. The van der Waals surface area contributed by atoms with Gasteiger partial charge in [0.05, 0.1) is 13.1 Å². The van der Waals surface area contributed by atoms with Crippen LogP contribution < -0.4 is 0 Å². The van der Waals surface area contributed by atoms with Crippen LogP contribution in [0.25, 0.3) is 0 Å². The van der Waals surface area contributed by atoms with Crippen LogP contribution in [0, 0.1) is 0 Å². The Morgan fingerprint density at radius 3 is 3.38 bits per heavy atom. The minimum absolute atomic E-state index is 0.838. The maximum absolute atomic E-state index is 4.07. The summed E-state index contributed by atoms with van der Waals surface area (Å²) in [5.74, 6) is 0. The van der Waals surface area contributed by atoms with Crippen molar-refractivity contribution in [1.82, 2.24) is 4.90 Å². The van der Waals surface area contributed by atoms with Crippen LogP contribution in [-0.2, 0) is 0 Å². The number of rotatable bonds is 0. The quantitative estimate of drug-likeness (QED) is 0.444. The zero-order chi connectivity index (χ0) is 5.82. The Kier molecular flexibility index (Phi) is 1.67. The van der Waals surface area contributed by atoms with Crippen LogP contribution in [-0.4, -0.2) is 31.3 Å². The first-order valence-corrected chi connectivity index (χ1v) is 2.75. The molecule has 1 aliphatic heterocycles. The van der Waals surface area contributed by atoms with E-state index in [1.807, 2.05) is 25.5 Å². The predicted octanol–water partition coefficient (Wildman–Crippen LogP) is 0.516. The second-order valence-corrected chi connectivity index (χ2v) is 1.87. The zero-order valence-corrected chi connectivity index (χ0v) is 5.04. The summed E-state index contributed by atoms with van der Waals surface area (Å²) >= 11 is 0. The normalized spacial score (nSPS) is 18.9. The van der Waals surface area contributed by atoms with E-state index in [0.717, 1.165) is 13.1 Å². The lowest BCUT2D eigenvalue weighted by Gasteiger charge is -2.06. The molecule has 1 heterocycles. The molecule has 0 N–H and O–H groups in total. The fourth-order valence-electron chi connectivity index (χ4n) is 0.610. The highest BCUT2D eigenvalue weighted by atomic mass is 15.1. The summed E-state index contributed by atoms with van der Waals surface area (Å²) in [5, 5.41) is 0. The Bertz CT molecular complexity index is 116. The molecule has 0 bridgehead atoms. The number of hydrogen-bond donors (Lipinski definition) is 0. The van der Waals surface area contributed by atoms with Gasteiger partial charge in [-0.05, 0) is 12.3 Å². The number of nitrogens with zero attached hydrogens (tertiary/aromatic N) is 2. The van der Waals surface area contributed by atoms with Crippen LogP contribution in [0.3, 0.4) is 0 Å². The average molecular weight is 110 g/mol. The molecule has 0 aromatic rings. The Morgan fingerprint density at radius 1 is 1.62 bits per heavy atom. The van der Waals surface area contributed by atoms with Crippen LogP contribution in [0.5, 0.6) is 0 Å². The van der Waals surface area contributed by atoms with Gasteiger partial charge in [0.2, 0.25) is 0 Å². The van der Waals surface area contributed by atoms with Crippen LogP contribution in [0.4, 0.5) is 0 Å². The van der Waals surface area contributed by atoms with Gasteiger partial charge >= 0.3 is 0 Å². The topological polar surface area (TPSA) is 15.6 Å². The lowest BCUT2D eigenvalue weighted by Crippen LogP contribution is -2.11. The van der Waals surface area contributed by atoms with Crippen LogP contribution in [0.1, 0.15) is 0 Å². The fraction of sp³-hybridized carbons (Fsp3) is 0.500. The van der Waals surface area contributed by atoms with E-state index >= 15 is 0 Å². The van der Waals surface area contributed by atoms with Crippen molar-refractivity contribution >= 4 is 6.21 Å². The van der Waals surface area contributed by atoms with E-state index in [4.69, 9.17) is 0 Å². The van der Waals surface area contributed by atoms with Gasteiger partial charge < -0.3 is 4.90 Å². The van der Waals surface area contributed by atoms with E-state index < -0.39 is 0 Å². The first-order valence-electron chi connectivity index (χ1n) is 2.75. The molecule has 0 saturated heterocycles. The molecular weight excluding hydrogens is 100 g/mol. The smallest absolute Gasteiger partial charge is 0.0584 e. The van der Waals surface area contributed by atoms with Crippen molar-refractivity contribution in [3.8, 4) is 0 Å². The fourth-order valence-corrected chi connectivity index (χ4v) is 0.610. The van der Waals surface area contributed by atoms with Crippen LogP contribution in [0.2, 0.25) is 0 Å². The Labute approximate surface area is 49.5 Å². The van der Waals surface area contributed by atoms with Crippen molar-refractivity contribution < 1.29 is 0 Å². The molecule has 0 aliphatic carbocycles. The van der Waals surface area contributed by atoms with E-state index in [-0.39, 0.29) is 0 Å². The molecule has 0 spiro atoms. The Morgan fingerprint density at radius 2 is 2.50 bits per heavy atom. The molecule has 0 saturated carbocycles. The molecule has 0 aromatic heterocycles. The van der Waals surface area contributed by atoms with Crippen molar-refractivity contribution in [2.45, 2.75) is 0 Å². The monoisotopic (exact) mass is 110 g/mol. The second kappa shape index (κ2) is 2.50. The molecule has 8 heavy (non-hydrogen) atoms. The van der Waals surface area contributed by atoms with Crippen LogP contribution in [0.15, 0.2) is 17.3 Å². The molecule has 0 aromatic carbocycles. The summed E-state index contributed by atoms with van der Waals surface area (Å²) in [6, 6.07) is 0. The Balaban J connectivity index is 2.48. The maximum atomic E-state index is 4.07. The van der Waals surface area contributed by atoms with E-state index in [1.54, 1.807) is 0 Å². The first kappa shape index (κ1) is 5.35. The van der Waals surface area contributed by atoms with Gasteiger partial charge in [0.25, 0.3) is 0 Å². The van der Waals surface area contributed by atoms with Gasteiger partial charge in [0.1, 0.15) is 0 Å². The highest BCUT2D eigenvalue weighted by Crippen LogP contribution is 1.86. The van der Waals surface area contributed by atoms with Crippen molar-refractivity contribution in [2.75, 3.05) is 20.1 Å². The third-order valence-corrected chi connectivity index (χ3v) is 1.07. The maximum Gasteiger partial charge on any atom is 0.0584 e. The number of aliphatic imine (C=N–C) groups is 1. The standard InChI is InChI=1S/C6H10N2/c1-8-5-2-3-7-4-6-8/h2,4-5H,3,6H2,1H3. The molecule has 0 fully saturated rings. The van der Waals surface area contributed by atoms with Gasteiger partial charge in [-0.25, -0.2) is 0 Å². The highest BCUT2D eigenvalue weighted by Gasteiger charge is 1.87. The predicted molar refractivity (Wildman–Crippen MR) is 35.1 cm³/mol. The first-order chi connectivity index (χ1) is 3.89. The van der Waals surface area contributed by atoms with Gasteiger partial charge in [-0.1, -0.05) is 0 Å². The van der Waals surface area contributed by atoms with E-state index in [9.17, 15) is 0 Å². The minimum Gasteiger partial charge on any atom is -0.375 e. The third kappa shape index (κ3) is 1.37. The molecular formula is C6H10N2. The molecule has 0 atom stereocenters. The van der Waals surface area contributed by atoms with Crippen molar-refractivity contribution in [2.24, 2.45) is 4.99 Å². The average Bonchev–Trinajstić information content (AvgIpc) is 1.94. The van der Waals surface area contributed by atoms with Gasteiger partial charge in [-0.15, -0.1) is 0 Å². The summed E-state index contributed by atoms with van der Waals surface area (Å²) in [7, 11) is 2.04. The van der Waals surface area contributed by atoms with Gasteiger partial charge in [0, 0.05) is 13.3 Å². The van der Waals surface area contributed by atoms with E-state index in [0.29, 0.717) is 0 Å². The van der Waals surface area contributed by atoms with Crippen molar-refractivity contribution in [1.29, 1.82) is 0 Å². The SMILES string of the molecule is CN1C=CCN=CC1. The Hall–Kier alpha value is -0.790. The lowest BCUT2D eigenvalue weighted by atomic mass is 10.6. The largest absolute Gasteiger partial charge is 0.375 e. The van der Waals surface area contributed by atoms with E-state index in [1.165, 1.54) is 0 Å². The lowest BCUT2D eigenvalue weighted by molar-refractivity contribution is 0.530. The molecule has 0 radical (unpaired) electrons. The molecule has 2 nitrogen and oxygen atoms in total. The van der Waals surface area contributed by atoms with Crippen molar-refractivity contribution in [3.05, 3.63) is 12.3 Å². The summed E-state index contributed by atoms with van der Waals surface area (Å²) in [4.78, 5) is 6.16. The summed E-state index contributed by atoms with van der Waals surface area (Å²) in [6.45, 7) is 1.78. The molecule has 2 heteroatoms. The third-order valence-electron chi connectivity index (χ3n) is 1.07. The van der Waals surface area contributed by atoms with Gasteiger partial charge in [-0.3, -0.25) is 4.99 Å². The molecule has 0 unspecified atom stereocenters. The second-order valence-electron chi connectivity index (χ2n) is 1.87. The van der Waals surface area contributed by atoms with Crippen molar-refractivity contribution in [3.63, 3.8) is 0 Å². The summed E-state index contributed by atoms with van der Waals surface area (Å²) in [6.07, 6.45) is 6.02. The number of hydrogen-bond acceptors (Lipinski definition) is 2.